The van der Waals surface area contributed by atoms with Crippen LogP contribution in [0.15, 0.2) is 66.7 Å². The van der Waals surface area contributed by atoms with Crippen LogP contribution in [-0.2, 0) is 11.4 Å². The molecule has 0 unspecified atom stereocenters. The zero-order valence-electron chi connectivity index (χ0n) is 17.5. The van der Waals surface area contributed by atoms with Gasteiger partial charge in [0.25, 0.3) is 0 Å². The molecule has 0 aliphatic heterocycles. The van der Waals surface area contributed by atoms with Crippen molar-refractivity contribution in [3.63, 3.8) is 0 Å². The highest BCUT2D eigenvalue weighted by molar-refractivity contribution is 5.97. The molecule has 0 aliphatic carbocycles. The van der Waals surface area contributed by atoms with Crippen LogP contribution in [0.25, 0.3) is 0 Å². The van der Waals surface area contributed by atoms with Gasteiger partial charge in [0, 0.05) is 11.4 Å². The predicted molar refractivity (Wildman–Crippen MR) is 120 cm³/mol. The van der Waals surface area contributed by atoms with Crippen LogP contribution in [0.1, 0.15) is 29.2 Å². The maximum atomic E-state index is 12.6. The Labute approximate surface area is 172 Å². The third-order valence-electron chi connectivity index (χ3n) is 4.80. The lowest BCUT2D eigenvalue weighted by molar-refractivity contribution is -0.116. The Bertz CT molecular complexity index is 943. The Morgan fingerprint density at radius 1 is 0.931 bits per heavy atom. The van der Waals surface area contributed by atoms with Crippen molar-refractivity contribution in [2.24, 2.45) is 0 Å². The van der Waals surface area contributed by atoms with Crippen molar-refractivity contribution in [3.8, 4) is 5.75 Å². The minimum absolute atomic E-state index is 0.0653. The van der Waals surface area contributed by atoms with Crippen LogP contribution in [0, 0.1) is 20.8 Å². The van der Waals surface area contributed by atoms with Gasteiger partial charge in [-0.25, -0.2) is 0 Å². The molecule has 0 spiro atoms. The molecule has 29 heavy (non-hydrogen) atoms. The molecule has 0 bridgehead atoms. The molecule has 0 radical (unpaired) electrons. The maximum absolute atomic E-state index is 12.6. The number of amides is 1. The fourth-order valence-corrected chi connectivity index (χ4v) is 3.31. The smallest absolute Gasteiger partial charge is 0.246 e. The van der Waals surface area contributed by atoms with Crippen LogP contribution in [0.5, 0.6) is 5.75 Å². The van der Waals surface area contributed by atoms with Crippen molar-refractivity contribution in [3.05, 3.63) is 89.0 Å². The van der Waals surface area contributed by atoms with E-state index in [1.54, 1.807) is 0 Å². The lowest BCUT2D eigenvalue weighted by atomic mass is 10.0. The van der Waals surface area contributed by atoms with Crippen molar-refractivity contribution in [1.82, 2.24) is 0 Å². The molecule has 3 aromatic rings. The Morgan fingerprint density at radius 3 is 2.17 bits per heavy atom. The van der Waals surface area contributed by atoms with Crippen LogP contribution in [0.4, 0.5) is 11.4 Å². The van der Waals surface area contributed by atoms with E-state index >= 15 is 0 Å². The highest BCUT2D eigenvalue weighted by atomic mass is 16.5. The molecule has 3 aromatic carbocycles. The van der Waals surface area contributed by atoms with Crippen molar-refractivity contribution >= 4 is 17.3 Å². The third kappa shape index (κ3) is 5.61. The van der Waals surface area contributed by atoms with Gasteiger partial charge in [-0.3, -0.25) is 4.79 Å². The lowest BCUT2D eigenvalue weighted by Crippen LogP contribution is -2.32. The number of rotatable bonds is 7. The van der Waals surface area contributed by atoms with Crippen LogP contribution in [0.2, 0.25) is 0 Å². The van der Waals surface area contributed by atoms with Gasteiger partial charge >= 0.3 is 0 Å². The summed E-state index contributed by atoms with van der Waals surface area (Å²) in [6, 6.07) is 21.5. The quantitative estimate of drug-likeness (QED) is 0.551. The van der Waals surface area contributed by atoms with E-state index in [0.29, 0.717) is 6.61 Å². The predicted octanol–water partition coefficient (Wildman–Crippen LogP) is 5.63. The molecule has 0 heterocycles. The number of carbonyl (C=O) groups is 1. The molecular weight excluding hydrogens is 360 g/mol. The molecule has 0 saturated heterocycles. The van der Waals surface area contributed by atoms with Crippen molar-refractivity contribution < 1.29 is 9.53 Å². The maximum Gasteiger partial charge on any atom is 0.246 e. The topological polar surface area (TPSA) is 50.4 Å². The van der Waals surface area contributed by atoms with E-state index in [4.69, 9.17) is 4.74 Å². The van der Waals surface area contributed by atoms with E-state index in [9.17, 15) is 4.79 Å². The largest absolute Gasteiger partial charge is 0.489 e. The van der Waals surface area contributed by atoms with E-state index in [0.717, 1.165) is 33.8 Å². The Balaban J connectivity index is 1.56. The first-order valence-electron chi connectivity index (χ1n) is 9.84. The average molecular weight is 389 g/mol. The first kappa shape index (κ1) is 20.5. The minimum Gasteiger partial charge on any atom is -0.489 e. The number of anilines is 2. The number of ether oxygens (including phenoxy) is 1. The van der Waals surface area contributed by atoms with E-state index in [1.807, 2.05) is 75.4 Å². The SMILES string of the molecule is Cc1cc(C)c(NC(=O)[C@@H](C)Nc2ccc(OCc3ccccc3)cc2)c(C)c1. The first-order valence-corrected chi connectivity index (χ1v) is 9.84. The van der Waals surface area contributed by atoms with Gasteiger partial charge in [0.05, 0.1) is 0 Å². The van der Waals surface area contributed by atoms with Crippen molar-refractivity contribution in [2.45, 2.75) is 40.3 Å². The number of nitrogens with one attached hydrogen (secondary N) is 2. The van der Waals surface area contributed by atoms with Gasteiger partial charge < -0.3 is 15.4 Å². The highest BCUT2D eigenvalue weighted by Gasteiger charge is 2.15. The lowest BCUT2D eigenvalue weighted by Gasteiger charge is -2.18. The Hall–Kier alpha value is -3.27. The van der Waals surface area contributed by atoms with E-state index in [-0.39, 0.29) is 11.9 Å². The number of aryl methyl sites for hydroxylation is 3. The highest BCUT2D eigenvalue weighted by Crippen LogP contribution is 2.23. The summed E-state index contributed by atoms with van der Waals surface area (Å²) in [5.74, 6) is 0.729. The molecule has 2 N–H and O–H groups in total. The Kier molecular flexibility index (Phi) is 6.55. The van der Waals surface area contributed by atoms with E-state index in [2.05, 4.69) is 29.7 Å². The molecule has 0 saturated carbocycles. The fraction of sp³-hybridized carbons (Fsp3) is 0.240. The van der Waals surface area contributed by atoms with Gasteiger partial charge in [-0.05, 0) is 68.7 Å². The van der Waals surface area contributed by atoms with Gasteiger partial charge in [0.15, 0.2) is 0 Å². The number of carbonyl (C=O) groups excluding carboxylic acids is 1. The van der Waals surface area contributed by atoms with Crippen LogP contribution in [-0.4, -0.2) is 11.9 Å². The number of hydrogen-bond acceptors (Lipinski definition) is 3. The van der Waals surface area contributed by atoms with Gasteiger partial charge in [-0.1, -0.05) is 48.0 Å². The zero-order valence-corrected chi connectivity index (χ0v) is 17.5. The molecule has 0 aliphatic rings. The van der Waals surface area contributed by atoms with Crippen molar-refractivity contribution in [2.75, 3.05) is 10.6 Å². The Morgan fingerprint density at radius 2 is 1.55 bits per heavy atom. The number of benzene rings is 3. The second kappa shape index (κ2) is 9.28. The molecule has 1 atom stereocenters. The summed E-state index contributed by atoms with van der Waals surface area (Å²) >= 11 is 0. The summed E-state index contributed by atoms with van der Waals surface area (Å²) in [7, 11) is 0. The molecule has 0 aromatic heterocycles. The van der Waals surface area contributed by atoms with Crippen LogP contribution in [0.3, 0.4) is 0 Å². The molecule has 0 fully saturated rings. The third-order valence-corrected chi connectivity index (χ3v) is 4.80. The van der Waals surface area contributed by atoms with Gasteiger partial charge in [0.1, 0.15) is 18.4 Å². The first-order chi connectivity index (χ1) is 13.9. The molecular formula is C25H28N2O2. The molecule has 3 rings (SSSR count). The summed E-state index contributed by atoms with van der Waals surface area (Å²) in [5.41, 5.74) is 6.22. The van der Waals surface area contributed by atoms with Crippen LogP contribution < -0.4 is 15.4 Å². The van der Waals surface area contributed by atoms with Gasteiger partial charge in [-0.2, -0.15) is 0 Å². The summed E-state index contributed by atoms with van der Waals surface area (Å²) in [6.45, 7) is 8.47. The van der Waals surface area contributed by atoms with E-state index in [1.165, 1.54) is 5.56 Å². The molecule has 150 valence electrons. The molecule has 1 amide bonds. The van der Waals surface area contributed by atoms with Crippen LogP contribution >= 0.6 is 0 Å². The van der Waals surface area contributed by atoms with E-state index < -0.39 is 0 Å². The monoisotopic (exact) mass is 388 g/mol. The molecule has 4 heteroatoms. The van der Waals surface area contributed by atoms with Crippen molar-refractivity contribution in [1.29, 1.82) is 0 Å². The fourth-order valence-electron chi connectivity index (χ4n) is 3.31. The average Bonchev–Trinajstić information content (AvgIpc) is 2.70. The molecule has 4 nitrogen and oxygen atoms in total. The number of hydrogen-bond donors (Lipinski definition) is 2. The normalized spacial score (nSPS) is 11.6. The summed E-state index contributed by atoms with van der Waals surface area (Å²) in [4.78, 5) is 12.6. The zero-order chi connectivity index (χ0) is 20.8. The second-order valence-electron chi connectivity index (χ2n) is 7.43. The van der Waals surface area contributed by atoms with Gasteiger partial charge in [0.2, 0.25) is 5.91 Å². The minimum atomic E-state index is -0.369. The summed E-state index contributed by atoms with van der Waals surface area (Å²) < 4.78 is 5.81. The standard InChI is InChI=1S/C25H28N2O2/c1-17-14-18(2)24(19(3)15-17)27-25(28)20(4)26-22-10-12-23(13-11-22)29-16-21-8-6-5-7-9-21/h5-15,20,26H,16H2,1-4H3,(H,27,28)/t20-/m1/s1. The summed E-state index contributed by atoms with van der Waals surface area (Å²) in [5, 5.41) is 6.30. The second-order valence-corrected chi connectivity index (χ2v) is 7.43. The summed E-state index contributed by atoms with van der Waals surface area (Å²) in [6.07, 6.45) is 0. The van der Waals surface area contributed by atoms with Gasteiger partial charge in [-0.15, -0.1) is 0 Å².